The molecule has 0 heterocycles. The molecular weight excluding hydrogens is 278 g/mol. The summed E-state index contributed by atoms with van der Waals surface area (Å²) in [5, 5.41) is 18.4. The minimum Gasteiger partial charge on any atom is -0.399 e. The van der Waals surface area contributed by atoms with Gasteiger partial charge in [-0.15, -0.1) is 0 Å². The van der Waals surface area contributed by atoms with E-state index in [1.165, 1.54) is 12.1 Å². The number of aliphatic hydroxyl groups is 1. The third-order valence-corrected chi connectivity index (χ3v) is 4.48. The second-order valence-electron chi connectivity index (χ2n) is 5.29. The van der Waals surface area contributed by atoms with E-state index in [4.69, 9.17) is 10.9 Å². The maximum absolute atomic E-state index is 11.4. The summed E-state index contributed by atoms with van der Waals surface area (Å²) >= 11 is 0. The number of sulfonamides is 1. The van der Waals surface area contributed by atoms with Crippen molar-refractivity contribution in [2.24, 2.45) is 5.14 Å². The molecule has 2 atom stereocenters. The summed E-state index contributed by atoms with van der Waals surface area (Å²) < 4.78 is 22.8. The minimum absolute atomic E-state index is 0.0249. The van der Waals surface area contributed by atoms with E-state index in [0.29, 0.717) is 11.4 Å². The van der Waals surface area contributed by atoms with E-state index in [-0.39, 0.29) is 10.9 Å². The van der Waals surface area contributed by atoms with Gasteiger partial charge in [0, 0.05) is 11.4 Å². The van der Waals surface area contributed by atoms with Crippen LogP contribution in [-0.4, -0.2) is 25.7 Å². The Morgan fingerprint density at radius 3 is 2.55 bits per heavy atom. The molecule has 1 aliphatic rings. The zero-order valence-electron chi connectivity index (χ0n) is 11.2. The number of hydrogen-bond acceptors (Lipinski definition) is 5. The molecule has 7 heteroatoms. The summed E-state index contributed by atoms with van der Waals surface area (Å²) in [7, 11) is -3.79. The van der Waals surface area contributed by atoms with Crippen LogP contribution < -0.4 is 16.2 Å². The third kappa shape index (κ3) is 3.84. The lowest BCUT2D eigenvalue weighted by Crippen LogP contribution is -2.32. The Balaban J connectivity index is 2.22. The Kier molecular flexibility index (Phi) is 4.52. The van der Waals surface area contributed by atoms with E-state index in [0.717, 1.165) is 32.1 Å². The van der Waals surface area contributed by atoms with Gasteiger partial charge in [0.05, 0.1) is 17.0 Å². The molecule has 112 valence electrons. The number of aliphatic hydroxyl groups excluding tert-OH is 1. The fraction of sp³-hybridized carbons (Fsp3) is 0.538. The van der Waals surface area contributed by atoms with Gasteiger partial charge in [-0.25, -0.2) is 13.6 Å². The molecule has 20 heavy (non-hydrogen) atoms. The average Bonchev–Trinajstić information content (AvgIpc) is 2.53. The first-order valence-electron chi connectivity index (χ1n) is 6.74. The Hall–Kier alpha value is -1.31. The zero-order chi connectivity index (χ0) is 14.8. The molecule has 2 unspecified atom stereocenters. The second-order valence-corrected chi connectivity index (χ2v) is 6.85. The molecule has 0 aliphatic heterocycles. The van der Waals surface area contributed by atoms with E-state index in [1.54, 1.807) is 6.07 Å². The molecular formula is C13H21N3O3S. The number of benzene rings is 1. The smallest absolute Gasteiger partial charge is 0.238 e. The normalized spacial score (nSPS) is 24.1. The van der Waals surface area contributed by atoms with Gasteiger partial charge in [-0.2, -0.15) is 0 Å². The first kappa shape index (κ1) is 15.1. The number of nitrogens with two attached hydrogens (primary N) is 2. The lowest BCUT2D eigenvalue weighted by Gasteiger charge is -2.23. The molecule has 1 fully saturated rings. The van der Waals surface area contributed by atoms with Crippen molar-refractivity contribution in [1.82, 2.24) is 0 Å². The van der Waals surface area contributed by atoms with Crippen molar-refractivity contribution in [2.45, 2.75) is 49.1 Å². The molecule has 0 aromatic heterocycles. The van der Waals surface area contributed by atoms with Gasteiger partial charge < -0.3 is 16.2 Å². The van der Waals surface area contributed by atoms with Gasteiger partial charge in [0.15, 0.2) is 0 Å². The molecule has 0 bridgehead atoms. The van der Waals surface area contributed by atoms with Gasteiger partial charge in [0.2, 0.25) is 10.0 Å². The van der Waals surface area contributed by atoms with Crippen LogP contribution in [0.1, 0.15) is 32.1 Å². The molecule has 2 rings (SSSR count). The van der Waals surface area contributed by atoms with Crippen LogP contribution in [0.5, 0.6) is 0 Å². The predicted molar refractivity (Wildman–Crippen MR) is 78.7 cm³/mol. The van der Waals surface area contributed by atoms with E-state index in [9.17, 15) is 13.5 Å². The van der Waals surface area contributed by atoms with Crippen molar-refractivity contribution in [3.05, 3.63) is 18.2 Å². The highest BCUT2D eigenvalue weighted by Gasteiger charge is 2.22. The summed E-state index contributed by atoms with van der Waals surface area (Å²) in [4.78, 5) is -0.0249. The van der Waals surface area contributed by atoms with Gasteiger partial charge in [0.25, 0.3) is 0 Å². The van der Waals surface area contributed by atoms with Crippen LogP contribution in [0, 0.1) is 0 Å². The van der Waals surface area contributed by atoms with Gasteiger partial charge in [-0.3, -0.25) is 0 Å². The zero-order valence-corrected chi connectivity index (χ0v) is 12.1. The topological polar surface area (TPSA) is 118 Å². The van der Waals surface area contributed by atoms with Gasteiger partial charge in [-0.1, -0.05) is 19.3 Å². The number of nitrogen functional groups attached to an aromatic ring is 1. The van der Waals surface area contributed by atoms with Crippen LogP contribution in [0.3, 0.4) is 0 Å². The Morgan fingerprint density at radius 2 is 1.85 bits per heavy atom. The van der Waals surface area contributed by atoms with Crippen molar-refractivity contribution in [2.75, 3.05) is 11.1 Å². The lowest BCUT2D eigenvalue weighted by atomic mass is 10.1. The molecule has 1 aliphatic carbocycles. The fourth-order valence-electron chi connectivity index (χ4n) is 2.54. The molecule has 6 N–H and O–H groups in total. The van der Waals surface area contributed by atoms with Crippen LogP contribution in [-0.2, 0) is 10.0 Å². The third-order valence-electron chi connectivity index (χ3n) is 3.59. The number of nitrogens with one attached hydrogen (secondary N) is 1. The quantitative estimate of drug-likeness (QED) is 0.491. The minimum atomic E-state index is -3.79. The Morgan fingerprint density at radius 1 is 1.15 bits per heavy atom. The van der Waals surface area contributed by atoms with Crippen LogP contribution in [0.25, 0.3) is 0 Å². The molecule has 0 radical (unpaired) electrons. The van der Waals surface area contributed by atoms with Crippen molar-refractivity contribution < 1.29 is 13.5 Å². The molecule has 0 amide bonds. The maximum Gasteiger partial charge on any atom is 0.238 e. The van der Waals surface area contributed by atoms with E-state index in [1.807, 2.05) is 0 Å². The summed E-state index contributed by atoms with van der Waals surface area (Å²) in [5.41, 5.74) is 6.60. The van der Waals surface area contributed by atoms with Gasteiger partial charge >= 0.3 is 0 Å². The summed E-state index contributed by atoms with van der Waals surface area (Å²) in [6.07, 6.45) is 4.33. The molecule has 1 aromatic rings. The summed E-state index contributed by atoms with van der Waals surface area (Å²) in [5.74, 6) is 0. The van der Waals surface area contributed by atoms with Crippen LogP contribution in [0.15, 0.2) is 23.1 Å². The van der Waals surface area contributed by atoms with Crippen molar-refractivity contribution in [3.8, 4) is 0 Å². The van der Waals surface area contributed by atoms with Crippen LogP contribution >= 0.6 is 0 Å². The van der Waals surface area contributed by atoms with Crippen LogP contribution in [0.4, 0.5) is 11.4 Å². The molecule has 1 aromatic carbocycles. The highest BCUT2D eigenvalue weighted by molar-refractivity contribution is 7.89. The van der Waals surface area contributed by atoms with E-state index >= 15 is 0 Å². The SMILES string of the molecule is Nc1cc(NC2CCCCCC2O)cc(S(N)(=O)=O)c1. The molecule has 0 spiro atoms. The molecule has 1 saturated carbocycles. The molecule has 6 nitrogen and oxygen atoms in total. The number of primary sulfonamides is 1. The first-order chi connectivity index (χ1) is 9.36. The number of anilines is 2. The van der Waals surface area contributed by atoms with Gasteiger partial charge in [0.1, 0.15) is 0 Å². The Bertz CT molecular complexity index is 574. The molecule has 0 saturated heterocycles. The monoisotopic (exact) mass is 299 g/mol. The van der Waals surface area contributed by atoms with Gasteiger partial charge in [-0.05, 0) is 31.0 Å². The number of rotatable bonds is 3. The highest BCUT2D eigenvalue weighted by atomic mass is 32.2. The number of hydrogen-bond donors (Lipinski definition) is 4. The van der Waals surface area contributed by atoms with Crippen LogP contribution in [0.2, 0.25) is 0 Å². The fourth-order valence-corrected chi connectivity index (χ4v) is 3.13. The van der Waals surface area contributed by atoms with E-state index < -0.39 is 16.1 Å². The van der Waals surface area contributed by atoms with Crippen molar-refractivity contribution in [3.63, 3.8) is 0 Å². The Labute approximate surface area is 119 Å². The standard InChI is InChI=1S/C13H21N3O3S/c14-9-6-10(8-11(7-9)20(15,18)19)16-12-4-2-1-3-5-13(12)17/h6-8,12-13,16-17H,1-5,14H2,(H2,15,18,19). The first-order valence-corrected chi connectivity index (χ1v) is 8.29. The van der Waals surface area contributed by atoms with Crippen molar-refractivity contribution >= 4 is 21.4 Å². The summed E-state index contributed by atoms with van der Waals surface area (Å²) in [6.45, 7) is 0. The van der Waals surface area contributed by atoms with E-state index in [2.05, 4.69) is 5.32 Å². The van der Waals surface area contributed by atoms with Crippen molar-refractivity contribution in [1.29, 1.82) is 0 Å². The predicted octanol–water partition coefficient (Wildman–Crippen LogP) is 1.02. The lowest BCUT2D eigenvalue weighted by molar-refractivity contribution is 0.144. The summed E-state index contributed by atoms with van der Waals surface area (Å²) in [6, 6.07) is 4.33. The average molecular weight is 299 g/mol. The second kappa shape index (κ2) is 5.99. The maximum atomic E-state index is 11.4. The highest BCUT2D eigenvalue weighted by Crippen LogP contribution is 2.25. The largest absolute Gasteiger partial charge is 0.399 e.